The maximum atomic E-state index is 12.6. The number of hydrogen-bond acceptors (Lipinski definition) is 5. The van der Waals surface area contributed by atoms with Gasteiger partial charge in [0.25, 0.3) is 0 Å². The van der Waals surface area contributed by atoms with Crippen molar-refractivity contribution in [3.8, 4) is 0 Å². The second-order valence-electron chi connectivity index (χ2n) is 7.10. The molecule has 0 bridgehead atoms. The van der Waals surface area contributed by atoms with Crippen LogP contribution in [0, 0.1) is 0 Å². The average molecular weight is 334 g/mol. The topological polar surface area (TPSA) is 67.9 Å². The van der Waals surface area contributed by atoms with Gasteiger partial charge in [-0.25, -0.2) is 9.59 Å². The van der Waals surface area contributed by atoms with Crippen LogP contribution < -0.4 is 5.32 Å². The highest BCUT2D eigenvalue weighted by molar-refractivity contribution is 5.83. The van der Waals surface area contributed by atoms with Gasteiger partial charge in [0.2, 0.25) is 0 Å². The van der Waals surface area contributed by atoms with Crippen molar-refractivity contribution in [2.45, 2.75) is 44.9 Å². The van der Waals surface area contributed by atoms with Crippen LogP contribution in [0.25, 0.3) is 0 Å². The normalized spacial score (nSPS) is 19.6. The fourth-order valence-electron chi connectivity index (χ4n) is 2.57. The van der Waals surface area contributed by atoms with Gasteiger partial charge in [-0.15, -0.1) is 0 Å². The molecule has 6 heteroatoms. The molecule has 1 N–H and O–H groups in total. The van der Waals surface area contributed by atoms with Crippen LogP contribution in [0.15, 0.2) is 30.3 Å². The van der Waals surface area contributed by atoms with E-state index in [4.69, 9.17) is 9.47 Å². The minimum Gasteiger partial charge on any atom is -0.459 e. The highest BCUT2D eigenvalue weighted by atomic mass is 16.6. The van der Waals surface area contributed by atoms with Gasteiger partial charge in [-0.2, -0.15) is 0 Å². The van der Waals surface area contributed by atoms with Crippen LogP contribution in [-0.4, -0.2) is 48.8 Å². The zero-order chi connectivity index (χ0) is 17.7. The fraction of sp³-hybridized carbons (Fsp3) is 0.556. The Hall–Kier alpha value is -2.08. The number of alkyl carbamates (subject to hydrolysis) is 1. The van der Waals surface area contributed by atoms with Gasteiger partial charge in [0.15, 0.2) is 6.04 Å². The summed E-state index contributed by atoms with van der Waals surface area (Å²) in [4.78, 5) is 26.8. The second kappa shape index (κ2) is 7.66. The monoisotopic (exact) mass is 334 g/mol. The molecule has 1 heterocycles. The van der Waals surface area contributed by atoms with Gasteiger partial charge in [0.05, 0.1) is 0 Å². The Bertz CT molecular complexity index is 568. The number of nitrogens with one attached hydrogen (secondary N) is 1. The molecule has 1 aliphatic rings. The molecule has 1 amide bonds. The van der Waals surface area contributed by atoms with E-state index in [1.165, 1.54) is 0 Å². The third kappa shape index (κ3) is 5.53. The molecular weight excluding hydrogens is 308 g/mol. The molecule has 0 aliphatic carbocycles. The van der Waals surface area contributed by atoms with Crippen LogP contribution in [0.2, 0.25) is 0 Å². The highest BCUT2D eigenvalue weighted by Gasteiger charge is 2.30. The van der Waals surface area contributed by atoms with Crippen LogP contribution in [0.3, 0.4) is 0 Å². The van der Waals surface area contributed by atoms with Crippen LogP contribution in [0.5, 0.6) is 0 Å². The molecule has 0 saturated carbocycles. The van der Waals surface area contributed by atoms with Crippen molar-refractivity contribution in [2.75, 3.05) is 20.1 Å². The Labute approximate surface area is 143 Å². The summed E-state index contributed by atoms with van der Waals surface area (Å²) in [5.41, 5.74) is 0.0309. The van der Waals surface area contributed by atoms with Gasteiger partial charge in [0.1, 0.15) is 11.7 Å². The predicted molar refractivity (Wildman–Crippen MR) is 90.5 cm³/mol. The Morgan fingerprint density at radius 1 is 1.25 bits per heavy atom. The Morgan fingerprint density at radius 2 is 1.92 bits per heavy atom. The number of benzene rings is 1. The number of likely N-dealkylation sites (N-methyl/N-ethyl adjacent to an activating group) is 1. The van der Waals surface area contributed by atoms with Crippen LogP contribution in [0.1, 0.15) is 38.8 Å². The summed E-state index contributed by atoms with van der Waals surface area (Å²) in [6.45, 7) is 6.93. The van der Waals surface area contributed by atoms with E-state index in [9.17, 15) is 9.59 Å². The van der Waals surface area contributed by atoms with Gasteiger partial charge in [-0.05, 0) is 39.8 Å². The van der Waals surface area contributed by atoms with E-state index >= 15 is 0 Å². The van der Waals surface area contributed by atoms with E-state index in [1.807, 2.05) is 25.2 Å². The molecule has 2 atom stereocenters. The number of ether oxygens (including phenoxy) is 2. The van der Waals surface area contributed by atoms with Gasteiger partial charge < -0.3 is 19.7 Å². The summed E-state index contributed by atoms with van der Waals surface area (Å²) in [6, 6.07) is 8.16. The van der Waals surface area contributed by atoms with Crippen molar-refractivity contribution >= 4 is 12.1 Å². The maximum absolute atomic E-state index is 12.6. The van der Waals surface area contributed by atoms with Gasteiger partial charge in [-0.3, -0.25) is 0 Å². The number of carbonyl (C=O) groups excluding carboxylic acids is 2. The summed E-state index contributed by atoms with van der Waals surface area (Å²) in [5.74, 6) is -0.465. The molecule has 1 unspecified atom stereocenters. The van der Waals surface area contributed by atoms with E-state index < -0.39 is 23.7 Å². The molecule has 1 aliphatic heterocycles. The molecule has 24 heavy (non-hydrogen) atoms. The number of rotatable bonds is 4. The van der Waals surface area contributed by atoms with Crippen molar-refractivity contribution in [2.24, 2.45) is 0 Å². The highest BCUT2D eigenvalue weighted by Crippen LogP contribution is 2.19. The molecular formula is C18H26N2O4. The quantitative estimate of drug-likeness (QED) is 0.857. The lowest BCUT2D eigenvalue weighted by molar-refractivity contribution is -0.151. The van der Waals surface area contributed by atoms with Crippen LogP contribution >= 0.6 is 0 Å². The molecule has 6 nitrogen and oxygen atoms in total. The summed E-state index contributed by atoms with van der Waals surface area (Å²) in [5, 5.41) is 2.63. The number of nitrogens with zero attached hydrogens (tertiary/aromatic N) is 1. The third-order valence-corrected chi connectivity index (χ3v) is 3.66. The molecule has 0 aromatic heterocycles. The minimum absolute atomic E-state index is 0.144. The molecule has 0 spiro atoms. The predicted octanol–water partition coefficient (Wildman–Crippen LogP) is 2.50. The Kier molecular flexibility index (Phi) is 5.83. The fourth-order valence-corrected chi connectivity index (χ4v) is 2.57. The SMILES string of the molecule is CN1CCC(OC(=O)[C@H](NC(=O)OC(C)(C)C)c2ccccc2)C1. The van der Waals surface area contributed by atoms with Crippen molar-refractivity contribution < 1.29 is 19.1 Å². The largest absolute Gasteiger partial charge is 0.459 e. The van der Waals surface area contributed by atoms with Crippen LogP contribution in [0.4, 0.5) is 4.79 Å². The van der Waals surface area contributed by atoms with Crippen molar-refractivity contribution in [3.63, 3.8) is 0 Å². The summed E-state index contributed by atoms with van der Waals surface area (Å²) in [7, 11) is 1.99. The van der Waals surface area contributed by atoms with E-state index in [-0.39, 0.29) is 6.10 Å². The molecule has 1 aromatic carbocycles. The smallest absolute Gasteiger partial charge is 0.408 e. The molecule has 1 fully saturated rings. The van der Waals surface area contributed by atoms with Crippen LogP contribution in [-0.2, 0) is 14.3 Å². The first-order chi connectivity index (χ1) is 11.2. The zero-order valence-electron chi connectivity index (χ0n) is 14.7. The van der Waals surface area contributed by atoms with Gasteiger partial charge in [-0.1, -0.05) is 30.3 Å². The molecule has 1 saturated heterocycles. The Balaban J connectivity index is 2.08. The van der Waals surface area contributed by atoms with Gasteiger partial charge >= 0.3 is 12.1 Å². The van der Waals surface area contributed by atoms with Gasteiger partial charge in [0, 0.05) is 13.1 Å². The summed E-state index contributed by atoms with van der Waals surface area (Å²) < 4.78 is 10.8. The number of hydrogen-bond donors (Lipinski definition) is 1. The van der Waals surface area contributed by atoms with E-state index in [2.05, 4.69) is 10.2 Å². The molecule has 0 radical (unpaired) electrons. The lowest BCUT2D eigenvalue weighted by atomic mass is 10.1. The average Bonchev–Trinajstić information content (AvgIpc) is 2.89. The first kappa shape index (κ1) is 18.3. The minimum atomic E-state index is -0.882. The first-order valence-electron chi connectivity index (χ1n) is 8.18. The Morgan fingerprint density at radius 3 is 2.46 bits per heavy atom. The van der Waals surface area contributed by atoms with E-state index in [0.29, 0.717) is 12.1 Å². The zero-order valence-corrected chi connectivity index (χ0v) is 14.7. The summed E-state index contributed by atoms with van der Waals surface area (Å²) >= 11 is 0. The maximum Gasteiger partial charge on any atom is 0.408 e. The second-order valence-corrected chi connectivity index (χ2v) is 7.10. The number of esters is 1. The first-order valence-corrected chi connectivity index (χ1v) is 8.18. The van der Waals surface area contributed by atoms with Crippen molar-refractivity contribution in [3.05, 3.63) is 35.9 Å². The lowest BCUT2D eigenvalue weighted by Gasteiger charge is -2.24. The number of likely N-dealkylation sites (tertiary alicyclic amines) is 1. The van der Waals surface area contributed by atoms with E-state index in [1.54, 1.807) is 32.9 Å². The van der Waals surface area contributed by atoms with E-state index in [0.717, 1.165) is 13.0 Å². The lowest BCUT2D eigenvalue weighted by Crippen LogP contribution is -2.40. The standard InChI is InChI=1S/C18H26N2O4/c1-18(2,3)24-17(22)19-15(13-8-6-5-7-9-13)16(21)23-14-10-11-20(4)12-14/h5-9,14-15H,10-12H2,1-4H3,(H,19,22)/t14?,15-/m1/s1. The molecule has 1 aromatic rings. The number of carbonyl (C=O) groups is 2. The number of amides is 1. The third-order valence-electron chi connectivity index (χ3n) is 3.66. The summed E-state index contributed by atoms with van der Waals surface area (Å²) in [6.07, 6.45) is 0.0157. The molecule has 132 valence electrons. The van der Waals surface area contributed by atoms with Crippen molar-refractivity contribution in [1.82, 2.24) is 10.2 Å². The van der Waals surface area contributed by atoms with Crippen molar-refractivity contribution in [1.29, 1.82) is 0 Å². The molecule has 2 rings (SSSR count).